The van der Waals surface area contributed by atoms with E-state index in [0.717, 1.165) is 25.5 Å². The molecular weight excluding hydrogens is 257 g/mol. The Morgan fingerprint density at radius 1 is 1.53 bits per heavy atom. The molecule has 0 bridgehead atoms. The molecule has 1 fully saturated rings. The van der Waals surface area contributed by atoms with Crippen molar-refractivity contribution in [2.45, 2.75) is 44.3 Å². The molecule has 0 saturated carbocycles. The van der Waals surface area contributed by atoms with Gasteiger partial charge in [-0.15, -0.1) is 0 Å². The molecule has 1 unspecified atom stereocenters. The van der Waals surface area contributed by atoms with Crippen molar-refractivity contribution in [3.05, 3.63) is 11.6 Å². The monoisotopic (exact) mass is 276 g/mol. The van der Waals surface area contributed by atoms with Crippen LogP contribution in [0.25, 0.3) is 0 Å². The van der Waals surface area contributed by atoms with E-state index in [4.69, 9.17) is 0 Å². The molecule has 0 aromatic rings. The molecule has 0 radical (unpaired) electrons. The van der Waals surface area contributed by atoms with Crippen molar-refractivity contribution in [1.82, 2.24) is 10.2 Å². The topological polar surface area (TPSA) is 32.3 Å². The lowest BCUT2D eigenvalue weighted by molar-refractivity contribution is -0.138. The quantitative estimate of drug-likeness (QED) is 0.784. The van der Waals surface area contributed by atoms with E-state index < -0.39 is 17.3 Å². The number of carbonyl (C=O) groups is 1. The maximum atomic E-state index is 12.5. The van der Waals surface area contributed by atoms with Crippen LogP contribution in [-0.2, 0) is 4.79 Å². The highest BCUT2D eigenvalue weighted by Crippen LogP contribution is 2.32. The van der Waals surface area contributed by atoms with E-state index in [9.17, 15) is 18.0 Å². The van der Waals surface area contributed by atoms with Crippen molar-refractivity contribution in [1.29, 1.82) is 0 Å². The third-order valence-corrected chi connectivity index (χ3v) is 4.12. The highest BCUT2D eigenvalue weighted by Gasteiger charge is 2.43. The Morgan fingerprint density at radius 3 is 2.68 bits per heavy atom. The number of carbonyl (C=O) groups excluding carboxylic acids is 1. The van der Waals surface area contributed by atoms with Crippen molar-refractivity contribution in [2.24, 2.45) is 0 Å². The fourth-order valence-electron chi connectivity index (χ4n) is 2.86. The summed E-state index contributed by atoms with van der Waals surface area (Å²) in [5.41, 5.74) is -1.06. The molecule has 6 heteroatoms. The maximum absolute atomic E-state index is 12.5. The molecule has 1 atom stereocenters. The molecule has 2 heterocycles. The zero-order chi connectivity index (χ0) is 14.1. The van der Waals surface area contributed by atoms with Crippen LogP contribution < -0.4 is 5.32 Å². The van der Waals surface area contributed by atoms with E-state index in [1.54, 1.807) is 0 Å². The second-order valence-electron chi connectivity index (χ2n) is 5.19. The van der Waals surface area contributed by atoms with E-state index in [2.05, 4.69) is 5.32 Å². The first-order valence-corrected chi connectivity index (χ1v) is 6.70. The SMILES string of the molecule is CCC1(C(=O)N2CC=C(C(F)(F)F)CC2)CCCN1. The molecule has 0 aromatic carbocycles. The van der Waals surface area contributed by atoms with E-state index in [0.29, 0.717) is 6.42 Å². The van der Waals surface area contributed by atoms with Gasteiger partial charge in [0.1, 0.15) is 0 Å². The van der Waals surface area contributed by atoms with E-state index >= 15 is 0 Å². The minimum Gasteiger partial charge on any atom is -0.337 e. The minimum atomic E-state index is -4.26. The summed E-state index contributed by atoms with van der Waals surface area (Å²) in [6, 6.07) is 0. The third-order valence-electron chi connectivity index (χ3n) is 4.12. The summed E-state index contributed by atoms with van der Waals surface area (Å²) >= 11 is 0. The van der Waals surface area contributed by atoms with Gasteiger partial charge in [-0.25, -0.2) is 0 Å². The number of halogens is 3. The van der Waals surface area contributed by atoms with Crippen LogP contribution >= 0.6 is 0 Å². The zero-order valence-electron chi connectivity index (χ0n) is 11.0. The van der Waals surface area contributed by atoms with E-state index in [1.807, 2.05) is 6.92 Å². The molecule has 0 aliphatic carbocycles. The molecule has 1 saturated heterocycles. The minimum absolute atomic E-state index is 0.0509. The van der Waals surface area contributed by atoms with Gasteiger partial charge in [0, 0.05) is 18.7 Å². The fraction of sp³-hybridized carbons (Fsp3) is 0.769. The van der Waals surface area contributed by atoms with Crippen molar-refractivity contribution >= 4 is 5.91 Å². The van der Waals surface area contributed by atoms with Gasteiger partial charge in [-0.05, 0) is 32.2 Å². The Balaban J connectivity index is 2.05. The number of amides is 1. The van der Waals surface area contributed by atoms with Crippen LogP contribution in [0.1, 0.15) is 32.6 Å². The van der Waals surface area contributed by atoms with Crippen molar-refractivity contribution in [2.75, 3.05) is 19.6 Å². The normalized spacial score (nSPS) is 28.4. The summed E-state index contributed by atoms with van der Waals surface area (Å²) in [5, 5.41) is 3.22. The Kier molecular flexibility index (Phi) is 3.90. The van der Waals surface area contributed by atoms with Gasteiger partial charge in [-0.1, -0.05) is 13.0 Å². The molecule has 3 nitrogen and oxygen atoms in total. The summed E-state index contributed by atoms with van der Waals surface area (Å²) in [4.78, 5) is 14.0. The number of nitrogens with one attached hydrogen (secondary N) is 1. The van der Waals surface area contributed by atoms with Crippen molar-refractivity contribution in [3.8, 4) is 0 Å². The summed E-state index contributed by atoms with van der Waals surface area (Å²) in [7, 11) is 0. The average molecular weight is 276 g/mol. The molecule has 0 aromatic heterocycles. The van der Waals surface area contributed by atoms with Crippen LogP contribution in [-0.4, -0.2) is 42.2 Å². The number of alkyl halides is 3. The predicted molar refractivity (Wildman–Crippen MR) is 65.6 cm³/mol. The lowest BCUT2D eigenvalue weighted by Gasteiger charge is -2.35. The molecule has 2 rings (SSSR count). The van der Waals surface area contributed by atoms with Gasteiger partial charge in [0.25, 0.3) is 0 Å². The fourth-order valence-corrected chi connectivity index (χ4v) is 2.86. The number of hydrogen-bond donors (Lipinski definition) is 1. The summed E-state index contributed by atoms with van der Waals surface area (Å²) in [6.45, 7) is 2.97. The van der Waals surface area contributed by atoms with Crippen LogP contribution in [0.3, 0.4) is 0 Å². The average Bonchev–Trinajstić information content (AvgIpc) is 2.87. The lowest BCUT2D eigenvalue weighted by atomic mass is 9.91. The van der Waals surface area contributed by atoms with Crippen LogP contribution in [0, 0.1) is 0 Å². The number of rotatable bonds is 2. The molecule has 2 aliphatic rings. The van der Waals surface area contributed by atoms with Gasteiger partial charge in [-0.3, -0.25) is 4.79 Å². The van der Waals surface area contributed by atoms with Gasteiger partial charge in [-0.2, -0.15) is 13.2 Å². The number of nitrogens with zero attached hydrogens (tertiary/aromatic N) is 1. The Hall–Kier alpha value is -1.04. The first kappa shape index (κ1) is 14.4. The van der Waals surface area contributed by atoms with Gasteiger partial charge in [0.2, 0.25) is 5.91 Å². The Labute approximate surface area is 110 Å². The van der Waals surface area contributed by atoms with E-state index in [1.165, 1.54) is 4.90 Å². The van der Waals surface area contributed by atoms with Crippen LogP contribution in [0.4, 0.5) is 13.2 Å². The second-order valence-corrected chi connectivity index (χ2v) is 5.19. The van der Waals surface area contributed by atoms with Crippen molar-refractivity contribution < 1.29 is 18.0 Å². The first-order chi connectivity index (χ1) is 8.89. The smallest absolute Gasteiger partial charge is 0.337 e. The van der Waals surface area contributed by atoms with Gasteiger partial charge in [0.15, 0.2) is 0 Å². The predicted octanol–water partition coefficient (Wildman–Crippen LogP) is 2.24. The van der Waals surface area contributed by atoms with Crippen LogP contribution in [0.5, 0.6) is 0 Å². The van der Waals surface area contributed by atoms with Crippen molar-refractivity contribution in [3.63, 3.8) is 0 Å². The summed E-state index contributed by atoms with van der Waals surface area (Å²) in [5.74, 6) is -0.0509. The lowest BCUT2D eigenvalue weighted by Crippen LogP contribution is -2.55. The molecule has 19 heavy (non-hydrogen) atoms. The molecular formula is C13H19F3N2O. The summed E-state index contributed by atoms with van der Waals surface area (Å²) in [6.07, 6.45) is -0.832. The molecule has 1 amide bonds. The van der Waals surface area contributed by atoms with Crippen LogP contribution in [0.2, 0.25) is 0 Å². The maximum Gasteiger partial charge on any atom is 0.412 e. The van der Waals surface area contributed by atoms with Crippen LogP contribution in [0.15, 0.2) is 11.6 Å². The first-order valence-electron chi connectivity index (χ1n) is 6.70. The molecule has 1 N–H and O–H groups in total. The van der Waals surface area contributed by atoms with Gasteiger partial charge in [0.05, 0.1) is 5.54 Å². The highest BCUT2D eigenvalue weighted by molar-refractivity contribution is 5.87. The Morgan fingerprint density at radius 2 is 2.26 bits per heavy atom. The second kappa shape index (κ2) is 5.15. The third kappa shape index (κ3) is 2.78. The molecule has 108 valence electrons. The summed E-state index contributed by atoms with van der Waals surface area (Å²) < 4.78 is 37.6. The number of hydrogen-bond acceptors (Lipinski definition) is 2. The zero-order valence-corrected chi connectivity index (χ0v) is 11.0. The molecule has 0 spiro atoms. The Bertz CT molecular complexity index is 384. The van der Waals surface area contributed by atoms with Gasteiger partial charge >= 0.3 is 6.18 Å². The largest absolute Gasteiger partial charge is 0.412 e. The molecule has 2 aliphatic heterocycles. The van der Waals surface area contributed by atoms with E-state index in [-0.39, 0.29) is 25.4 Å². The van der Waals surface area contributed by atoms with Gasteiger partial charge < -0.3 is 10.2 Å². The standard InChI is InChI=1S/C13H19F3N2O/c1-2-12(6-3-7-17-12)11(19)18-8-4-10(5-9-18)13(14,15)16/h4,17H,2-3,5-9H2,1H3. The highest BCUT2D eigenvalue weighted by atomic mass is 19.4.